The molecule has 0 unspecified atom stereocenters. The van der Waals surface area contributed by atoms with Gasteiger partial charge in [0.2, 0.25) is 0 Å². The molecule has 3 heteroatoms. The quantitative estimate of drug-likeness (QED) is 0.715. The molecule has 0 aromatic heterocycles. The number of methoxy groups -OCH3 is 2. The van der Waals surface area contributed by atoms with Crippen molar-refractivity contribution in [2.24, 2.45) is 5.41 Å². The molecule has 3 nitrogen and oxygen atoms in total. The molecule has 0 amide bonds. The first-order valence-corrected chi connectivity index (χ1v) is 9.48. The first-order valence-electron chi connectivity index (χ1n) is 9.48. The van der Waals surface area contributed by atoms with Crippen LogP contribution < -0.4 is 9.47 Å². The van der Waals surface area contributed by atoms with Crippen LogP contribution in [0, 0.1) is 5.41 Å². The van der Waals surface area contributed by atoms with Gasteiger partial charge in [0.15, 0.2) is 11.5 Å². The fraction of sp³-hybridized carbons (Fsp3) is 0.636. The SMILES string of the molecule is COc1c(C(C)C)cc2c(c1OC)C[C@@]13CCCC(C)(C)[C@]1(C=C2)O3. The molecule has 0 bridgehead atoms. The zero-order valence-corrected chi connectivity index (χ0v) is 16.4. The Labute approximate surface area is 151 Å². The van der Waals surface area contributed by atoms with E-state index in [0.717, 1.165) is 24.3 Å². The molecule has 4 rings (SSSR count). The van der Waals surface area contributed by atoms with Crippen molar-refractivity contribution in [1.29, 1.82) is 0 Å². The number of hydrogen-bond donors (Lipinski definition) is 0. The maximum atomic E-state index is 6.53. The number of epoxide rings is 1. The highest BCUT2D eigenvalue weighted by Gasteiger charge is 2.75. The van der Waals surface area contributed by atoms with E-state index in [-0.39, 0.29) is 16.6 Å². The highest BCUT2D eigenvalue weighted by atomic mass is 16.6. The van der Waals surface area contributed by atoms with Gasteiger partial charge in [-0.25, -0.2) is 0 Å². The normalized spacial score (nSPS) is 31.6. The molecule has 25 heavy (non-hydrogen) atoms. The number of rotatable bonds is 3. The Morgan fingerprint density at radius 2 is 1.80 bits per heavy atom. The highest BCUT2D eigenvalue weighted by Crippen LogP contribution is 2.68. The first kappa shape index (κ1) is 17.0. The molecule has 1 saturated carbocycles. The summed E-state index contributed by atoms with van der Waals surface area (Å²) in [5.74, 6) is 2.15. The molecule has 0 spiro atoms. The standard InChI is InChI=1S/C22H30O3/c1-14(2)16-12-15-8-11-22-20(3,4)9-7-10-21(22,25-22)13-17(15)19(24-6)18(16)23-5/h8,11-12,14H,7,9-10,13H2,1-6H3/t21-,22-/m0/s1. The van der Waals surface area contributed by atoms with E-state index in [0.29, 0.717) is 5.92 Å². The molecule has 1 aliphatic heterocycles. The molecule has 2 aliphatic carbocycles. The van der Waals surface area contributed by atoms with Crippen LogP contribution in [0.25, 0.3) is 6.08 Å². The minimum Gasteiger partial charge on any atom is -0.493 e. The molecular formula is C22H30O3. The van der Waals surface area contributed by atoms with E-state index in [1.54, 1.807) is 14.2 Å². The largest absolute Gasteiger partial charge is 0.493 e. The summed E-state index contributed by atoms with van der Waals surface area (Å²) in [7, 11) is 3.49. The number of benzene rings is 1. The third-order valence-electron chi connectivity index (χ3n) is 6.77. The fourth-order valence-electron chi connectivity index (χ4n) is 5.34. The van der Waals surface area contributed by atoms with E-state index >= 15 is 0 Å². The average molecular weight is 342 g/mol. The lowest BCUT2D eigenvalue weighted by atomic mass is 9.63. The fourth-order valence-corrected chi connectivity index (χ4v) is 5.34. The lowest BCUT2D eigenvalue weighted by molar-refractivity contribution is 0.166. The molecule has 1 heterocycles. The summed E-state index contributed by atoms with van der Waals surface area (Å²) in [5.41, 5.74) is 3.66. The minimum atomic E-state index is -0.131. The zero-order chi connectivity index (χ0) is 18.0. The average Bonchev–Trinajstić information content (AvgIpc) is 3.24. The van der Waals surface area contributed by atoms with Gasteiger partial charge in [0.25, 0.3) is 0 Å². The minimum absolute atomic E-state index is 0.0753. The van der Waals surface area contributed by atoms with Crippen LogP contribution in [-0.4, -0.2) is 25.4 Å². The van der Waals surface area contributed by atoms with Crippen molar-refractivity contribution in [3.8, 4) is 11.5 Å². The molecule has 0 N–H and O–H groups in total. The summed E-state index contributed by atoms with van der Waals surface area (Å²) >= 11 is 0. The second kappa shape index (κ2) is 5.26. The van der Waals surface area contributed by atoms with Crippen LogP contribution >= 0.6 is 0 Å². The predicted molar refractivity (Wildman–Crippen MR) is 101 cm³/mol. The Bertz CT molecular complexity index is 746. The Morgan fingerprint density at radius 1 is 1.08 bits per heavy atom. The summed E-state index contributed by atoms with van der Waals surface area (Å²) in [6.07, 6.45) is 9.07. The summed E-state index contributed by atoms with van der Waals surface area (Å²) < 4.78 is 18.2. The molecule has 0 radical (unpaired) electrons. The van der Waals surface area contributed by atoms with Gasteiger partial charge in [-0.1, -0.05) is 33.8 Å². The maximum absolute atomic E-state index is 6.53. The van der Waals surface area contributed by atoms with Crippen LogP contribution in [0.15, 0.2) is 12.1 Å². The van der Waals surface area contributed by atoms with Gasteiger partial charge in [0.05, 0.1) is 14.2 Å². The van der Waals surface area contributed by atoms with Crippen molar-refractivity contribution in [3.05, 3.63) is 28.8 Å². The van der Waals surface area contributed by atoms with Crippen molar-refractivity contribution in [2.75, 3.05) is 14.2 Å². The molecule has 3 aliphatic rings. The van der Waals surface area contributed by atoms with Crippen molar-refractivity contribution in [1.82, 2.24) is 0 Å². The Morgan fingerprint density at radius 3 is 2.44 bits per heavy atom. The maximum Gasteiger partial charge on any atom is 0.164 e. The first-order chi connectivity index (χ1) is 11.8. The molecule has 1 aromatic carbocycles. The molecule has 136 valence electrons. The van der Waals surface area contributed by atoms with E-state index in [9.17, 15) is 0 Å². The lowest BCUT2D eigenvalue weighted by Gasteiger charge is -2.37. The van der Waals surface area contributed by atoms with E-state index in [2.05, 4.69) is 45.9 Å². The lowest BCUT2D eigenvalue weighted by Crippen LogP contribution is -2.42. The highest BCUT2D eigenvalue weighted by molar-refractivity contribution is 5.69. The van der Waals surface area contributed by atoms with E-state index in [1.807, 2.05) is 0 Å². The summed E-state index contributed by atoms with van der Waals surface area (Å²) in [4.78, 5) is 0. The van der Waals surface area contributed by atoms with Crippen molar-refractivity contribution in [3.63, 3.8) is 0 Å². The molecular weight excluding hydrogens is 312 g/mol. The summed E-state index contributed by atoms with van der Waals surface area (Å²) in [6.45, 7) is 9.10. The Balaban J connectivity index is 1.90. The van der Waals surface area contributed by atoms with Gasteiger partial charge in [-0.15, -0.1) is 0 Å². The van der Waals surface area contributed by atoms with Crippen LogP contribution in [0.3, 0.4) is 0 Å². The van der Waals surface area contributed by atoms with Crippen LogP contribution in [0.2, 0.25) is 0 Å². The molecule has 1 aromatic rings. The third-order valence-corrected chi connectivity index (χ3v) is 6.77. The third kappa shape index (κ3) is 2.08. The Hall–Kier alpha value is -1.48. The van der Waals surface area contributed by atoms with Crippen molar-refractivity contribution >= 4 is 6.08 Å². The second-order valence-corrected chi connectivity index (χ2v) is 8.83. The van der Waals surface area contributed by atoms with E-state index in [1.165, 1.54) is 29.5 Å². The monoisotopic (exact) mass is 342 g/mol. The summed E-state index contributed by atoms with van der Waals surface area (Å²) in [5, 5.41) is 0. The van der Waals surface area contributed by atoms with Crippen LogP contribution in [0.1, 0.15) is 69.6 Å². The number of hydrogen-bond acceptors (Lipinski definition) is 3. The van der Waals surface area contributed by atoms with Crippen LogP contribution in [0.4, 0.5) is 0 Å². The molecule has 2 atom stereocenters. The van der Waals surface area contributed by atoms with Crippen LogP contribution in [0.5, 0.6) is 11.5 Å². The van der Waals surface area contributed by atoms with Crippen LogP contribution in [-0.2, 0) is 11.2 Å². The topological polar surface area (TPSA) is 31.0 Å². The Kier molecular flexibility index (Phi) is 3.57. The predicted octanol–water partition coefficient (Wildman–Crippen LogP) is 5.11. The zero-order valence-electron chi connectivity index (χ0n) is 16.4. The summed E-state index contributed by atoms with van der Waals surface area (Å²) in [6, 6.07) is 2.29. The smallest absolute Gasteiger partial charge is 0.164 e. The van der Waals surface area contributed by atoms with E-state index < -0.39 is 0 Å². The number of ether oxygens (including phenoxy) is 3. The van der Waals surface area contributed by atoms with Gasteiger partial charge in [-0.2, -0.15) is 0 Å². The van der Waals surface area contributed by atoms with Crippen molar-refractivity contribution < 1.29 is 14.2 Å². The van der Waals surface area contributed by atoms with Gasteiger partial charge in [0, 0.05) is 23.0 Å². The van der Waals surface area contributed by atoms with Gasteiger partial charge in [0.1, 0.15) is 11.2 Å². The number of fused-ring (bicyclic) bond motifs is 1. The van der Waals surface area contributed by atoms with Gasteiger partial charge >= 0.3 is 0 Å². The molecule has 2 fully saturated rings. The van der Waals surface area contributed by atoms with Gasteiger partial charge in [-0.3, -0.25) is 0 Å². The van der Waals surface area contributed by atoms with E-state index in [4.69, 9.17) is 14.2 Å². The second-order valence-electron chi connectivity index (χ2n) is 8.83. The van der Waals surface area contributed by atoms with Gasteiger partial charge < -0.3 is 14.2 Å². The van der Waals surface area contributed by atoms with Gasteiger partial charge in [-0.05, 0) is 42.9 Å². The molecule has 1 saturated heterocycles. The van der Waals surface area contributed by atoms with Crippen molar-refractivity contribution in [2.45, 2.75) is 70.5 Å².